The summed E-state index contributed by atoms with van der Waals surface area (Å²) in [4.78, 5) is 15.9. The lowest BCUT2D eigenvalue weighted by Crippen LogP contribution is -2.46. The number of hydrogen-bond acceptors (Lipinski definition) is 3. The fourth-order valence-electron chi connectivity index (χ4n) is 5.24. The van der Waals surface area contributed by atoms with Crippen molar-refractivity contribution in [1.29, 1.82) is 0 Å². The maximum atomic E-state index is 13.4. The highest BCUT2D eigenvalue weighted by Crippen LogP contribution is 2.36. The van der Waals surface area contributed by atoms with Gasteiger partial charge in [-0.05, 0) is 60.2 Å². The van der Waals surface area contributed by atoms with Gasteiger partial charge in [0.2, 0.25) is 0 Å². The summed E-state index contributed by atoms with van der Waals surface area (Å²) in [5.41, 5.74) is 5.70. The Bertz CT molecular complexity index is 1120. The normalized spacial score (nSPS) is 20.6. The molecule has 154 valence electrons. The average Bonchev–Trinajstić information content (AvgIpc) is 2.76. The fraction of sp³-hybridized carbons (Fsp3) is 0.346. The van der Waals surface area contributed by atoms with Crippen molar-refractivity contribution in [3.8, 4) is 16.9 Å². The molecule has 30 heavy (non-hydrogen) atoms. The number of pyridine rings is 1. The summed E-state index contributed by atoms with van der Waals surface area (Å²) < 4.78 is 7.33. The minimum atomic E-state index is 0.167. The second-order valence-corrected chi connectivity index (χ2v) is 8.74. The molecule has 3 heterocycles. The van der Waals surface area contributed by atoms with Crippen LogP contribution in [0, 0.1) is 12.8 Å². The van der Waals surface area contributed by atoms with Crippen LogP contribution in [-0.2, 0) is 13.1 Å². The van der Waals surface area contributed by atoms with Gasteiger partial charge in [0.05, 0.1) is 7.11 Å². The number of aryl methyl sites for hydroxylation is 1. The molecule has 0 saturated carbocycles. The van der Waals surface area contributed by atoms with Gasteiger partial charge in [0, 0.05) is 43.4 Å². The Morgan fingerprint density at radius 1 is 0.933 bits per heavy atom. The number of nitrogens with zero attached hydrogens (tertiary/aromatic N) is 2. The topological polar surface area (TPSA) is 34.5 Å². The summed E-state index contributed by atoms with van der Waals surface area (Å²) in [6, 6.07) is 20.8. The number of methoxy groups -OCH3 is 1. The van der Waals surface area contributed by atoms with E-state index in [2.05, 4.69) is 46.7 Å². The quantitative estimate of drug-likeness (QED) is 0.649. The van der Waals surface area contributed by atoms with Crippen LogP contribution in [-0.4, -0.2) is 29.7 Å². The third kappa shape index (κ3) is 3.46. The molecule has 1 fully saturated rings. The first-order valence-corrected chi connectivity index (χ1v) is 10.8. The summed E-state index contributed by atoms with van der Waals surface area (Å²) in [5, 5.41) is 0. The van der Waals surface area contributed by atoms with Crippen LogP contribution in [0.3, 0.4) is 0 Å². The van der Waals surface area contributed by atoms with Crippen molar-refractivity contribution in [3.05, 3.63) is 87.8 Å². The number of likely N-dealkylation sites (tertiary alicyclic amines) is 1. The van der Waals surface area contributed by atoms with Crippen LogP contribution in [0.1, 0.15) is 29.2 Å². The Kier molecular flexibility index (Phi) is 4.95. The van der Waals surface area contributed by atoms with Crippen molar-refractivity contribution >= 4 is 0 Å². The molecule has 4 nitrogen and oxygen atoms in total. The van der Waals surface area contributed by atoms with Gasteiger partial charge in [0.25, 0.3) is 5.56 Å². The van der Waals surface area contributed by atoms with Gasteiger partial charge >= 0.3 is 0 Å². The van der Waals surface area contributed by atoms with Gasteiger partial charge in [-0.3, -0.25) is 9.69 Å². The highest BCUT2D eigenvalue weighted by molar-refractivity contribution is 5.66. The highest BCUT2D eigenvalue weighted by Gasteiger charge is 2.35. The number of fused-ring (bicyclic) bond motifs is 4. The van der Waals surface area contributed by atoms with Gasteiger partial charge in [-0.1, -0.05) is 36.4 Å². The number of aromatic nitrogens is 1. The second-order valence-electron chi connectivity index (χ2n) is 8.74. The molecule has 0 radical (unpaired) electrons. The van der Waals surface area contributed by atoms with Crippen LogP contribution in [0.5, 0.6) is 5.75 Å². The van der Waals surface area contributed by atoms with E-state index in [1.165, 1.54) is 17.7 Å². The van der Waals surface area contributed by atoms with Crippen molar-refractivity contribution in [2.45, 2.75) is 32.4 Å². The van der Waals surface area contributed by atoms with Crippen LogP contribution in [0.15, 0.2) is 65.5 Å². The zero-order chi connectivity index (χ0) is 20.7. The predicted octanol–water partition coefficient (Wildman–Crippen LogP) is 4.45. The molecule has 1 aromatic heterocycles. The first-order chi connectivity index (χ1) is 14.6. The van der Waals surface area contributed by atoms with E-state index in [4.69, 9.17) is 4.74 Å². The molecule has 0 unspecified atom stereocenters. The van der Waals surface area contributed by atoms with E-state index in [9.17, 15) is 4.79 Å². The molecular weight excluding hydrogens is 372 g/mol. The van der Waals surface area contributed by atoms with Gasteiger partial charge in [0.1, 0.15) is 5.75 Å². The zero-order valence-corrected chi connectivity index (χ0v) is 17.7. The van der Waals surface area contributed by atoms with E-state index < -0.39 is 0 Å². The lowest BCUT2D eigenvalue weighted by Gasteiger charge is -2.43. The Morgan fingerprint density at radius 2 is 1.73 bits per heavy atom. The standard InChI is InChI=1S/C26H28N2O2/c1-18-5-3-4-6-23(18)24-11-12-25-21-13-20(16-28(25)26(24)29)15-27(17-21)14-19-7-9-22(30-2)10-8-19/h3-12,20-21H,13-17H2,1-2H3/t20-,21-/m1/s1. The molecule has 3 aromatic rings. The number of benzene rings is 2. The minimum absolute atomic E-state index is 0.167. The van der Waals surface area contributed by atoms with Gasteiger partial charge < -0.3 is 9.30 Å². The van der Waals surface area contributed by atoms with Crippen LogP contribution < -0.4 is 10.3 Å². The van der Waals surface area contributed by atoms with Gasteiger partial charge in [-0.25, -0.2) is 0 Å². The second kappa shape index (κ2) is 7.77. The molecule has 2 bridgehead atoms. The molecule has 0 aliphatic carbocycles. The molecule has 2 aliphatic rings. The van der Waals surface area contributed by atoms with Crippen molar-refractivity contribution in [1.82, 2.24) is 9.47 Å². The van der Waals surface area contributed by atoms with E-state index >= 15 is 0 Å². The van der Waals surface area contributed by atoms with Crippen molar-refractivity contribution < 1.29 is 4.74 Å². The van der Waals surface area contributed by atoms with Gasteiger partial charge in [0.15, 0.2) is 0 Å². The van der Waals surface area contributed by atoms with Gasteiger partial charge in [-0.15, -0.1) is 0 Å². The van der Waals surface area contributed by atoms with Gasteiger partial charge in [-0.2, -0.15) is 0 Å². The monoisotopic (exact) mass is 400 g/mol. The van der Waals surface area contributed by atoms with Crippen molar-refractivity contribution in [2.24, 2.45) is 5.92 Å². The average molecular weight is 401 g/mol. The lowest BCUT2D eigenvalue weighted by atomic mass is 9.82. The van der Waals surface area contributed by atoms with Crippen LogP contribution >= 0.6 is 0 Å². The predicted molar refractivity (Wildman–Crippen MR) is 120 cm³/mol. The summed E-state index contributed by atoms with van der Waals surface area (Å²) in [6.07, 6.45) is 1.18. The number of hydrogen-bond donors (Lipinski definition) is 0. The van der Waals surface area contributed by atoms with Crippen molar-refractivity contribution in [3.63, 3.8) is 0 Å². The zero-order valence-electron chi connectivity index (χ0n) is 17.7. The van der Waals surface area contributed by atoms with E-state index in [1.807, 2.05) is 30.3 Å². The third-order valence-electron chi connectivity index (χ3n) is 6.68. The Hall–Kier alpha value is -2.85. The summed E-state index contributed by atoms with van der Waals surface area (Å²) >= 11 is 0. The van der Waals surface area contributed by atoms with Crippen LogP contribution in [0.25, 0.3) is 11.1 Å². The summed E-state index contributed by atoms with van der Waals surface area (Å²) in [5.74, 6) is 1.85. The fourth-order valence-corrected chi connectivity index (χ4v) is 5.24. The molecule has 0 N–H and O–H groups in total. The number of ether oxygens (including phenoxy) is 1. The first kappa shape index (κ1) is 19.1. The Balaban J connectivity index is 1.41. The smallest absolute Gasteiger partial charge is 0.258 e. The maximum absolute atomic E-state index is 13.4. The highest BCUT2D eigenvalue weighted by atomic mass is 16.5. The number of piperidine rings is 1. The lowest BCUT2D eigenvalue weighted by molar-refractivity contribution is 0.114. The Labute approximate surface area is 177 Å². The minimum Gasteiger partial charge on any atom is -0.497 e. The van der Waals surface area contributed by atoms with Crippen LogP contribution in [0.4, 0.5) is 0 Å². The molecule has 4 heteroatoms. The third-order valence-corrected chi connectivity index (χ3v) is 6.68. The molecule has 2 aliphatic heterocycles. The number of rotatable bonds is 4. The van der Waals surface area contributed by atoms with E-state index in [0.717, 1.165) is 48.6 Å². The maximum Gasteiger partial charge on any atom is 0.258 e. The van der Waals surface area contributed by atoms with Crippen molar-refractivity contribution in [2.75, 3.05) is 20.2 Å². The SMILES string of the molecule is COc1ccc(CN2C[C@H]3C[C@H](C2)c2ccc(-c4ccccc4C)c(=O)n2C3)cc1. The van der Waals surface area contributed by atoms with E-state index in [-0.39, 0.29) is 5.56 Å². The molecule has 1 saturated heterocycles. The van der Waals surface area contributed by atoms with E-state index in [1.54, 1.807) is 7.11 Å². The summed E-state index contributed by atoms with van der Waals surface area (Å²) in [6.45, 7) is 5.89. The summed E-state index contributed by atoms with van der Waals surface area (Å²) in [7, 11) is 1.70. The van der Waals surface area contributed by atoms with Crippen LogP contribution in [0.2, 0.25) is 0 Å². The molecule has 2 aromatic carbocycles. The molecule has 0 spiro atoms. The molecule has 5 rings (SSSR count). The molecule has 0 amide bonds. The first-order valence-electron chi connectivity index (χ1n) is 10.8. The largest absolute Gasteiger partial charge is 0.497 e. The molecular formula is C26H28N2O2. The van der Waals surface area contributed by atoms with E-state index in [0.29, 0.717) is 11.8 Å². The Morgan fingerprint density at radius 3 is 2.50 bits per heavy atom. The molecule has 2 atom stereocenters.